The minimum absolute atomic E-state index is 0.0629. The van der Waals surface area contributed by atoms with Crippen molar-refractivity contribution in [2.75, 3.05) is 0 Å². The second kappa shape index (κ2) is 20.9. The summed E-state index contributed by atoms with van der Waals surface area (Å²) in [5.41, 5.74) is 20.8. The van der Waals surface area contributed by atoms with Crippen LogP contribution < -0.4 is 0 Å². The molecule has 0 saturated carbocycles. The number of rotatable bonds is 9. The summed E-state index contributed by atoms with van der Waals surface area (Å²) in [6.45, 7) is 28.2. The highest BCUT2D eigenvalue weighted by Crippen LogP contribution is 2.46. The van der Waals surface area contributed by atoms with Gasteiger partial charge in [-0.1, -0.05) is 172 Å². The fourth-order valence-corrected chi connectivity index (χ4v) is 10.2. The first-order chi connectivity index (χ1) is 37.4. The first kappa shape index (κ1) is 51.9. The van der Waals surface area contributed by atoms with Crippen LogP contribution in [0.4, 0.5) is 5.69 Å². The van der Waals surface area contributed by atoms with Gasteiger partial charge in [-0.2, -0.15) is 10.5 Å². The SMILES string of the molecule is [C-]#[N+]c1cc(-c2cc(C(C)(C)C)ccn2)ccc1-c1ccccc1-c1cc(-c2ccccc2-c2ccc(-c3cc(C(C)(C)C)ccn3)cc2C#N)cc(-c2ccccc2-c2ccc(-c3cc(C(C)(C)C)ccn3)cc2C#N)c1. The lowest BCUT2D eigenvalue weighted by molar-refractivity contribution is 0.589. The van der Waals surface area contributed by atoms with E-state index in [1.807, 2.05) is 104 Å². The van der Waals surface area contributed by atoms with Crippen LogP contribution in [0.5, 0.6) is 0 Å². The Labute approximate surface area is 459 Å². The number of aromatic nitrogens is 3. The fourth-order valence-electron chi connectivity index (χ4n) is 10.2. The van der Waals surface area contributed by atoms with Crippen molar-refractivity contribution in [2.45, 2.75) is 78.6 Å². The van der Waals surface area contributed by atoms with E-state index in [0.717, 1.165) is 101 Å². The van der Waals surface area contributed by atoms with Gasteiger partial charge in [0.15, 0.2) is 5.69 Å². The van der Waals surface area contributed by atoms with Gasteiger partial charge in [0.2, 0.25) is 0 Å². The molecule has 6 nitrogen and oxygen atoms in total. The van der Waals surface area contributed by atoms with Crippen LogP contribution in [0.2, 0.25) is 0 Å². The fraction of sp³-hybridized carbons (Fsp3) is 0.167. The highest BCUT2D eigenvalue weighted by Gasteiger charge is 2.22. The number of benzene rings is 7. The minimum atomic E-state index is -0.0662. The van der Waals surface area contributed by atoms with Crippen molar-refractivity contribution in [1.82, 2.24) is 15.0 Å². The maximum absolute atomic E-state index is 10.9. The normalized spacial score (nSPS) is 11.6. The van der Waals surface area contributed by atoms with Crippen LogP contribution in [0.1, 0.15) is 90.1 Å². The quantitative estimate of drug-likeness (QED) is 0.134. The van der Waals surface area contributed by atoms with Crippen LogP contribution in [-0.2, 0) is 16.2 Å². The third-order valence-corrected chi connectivity index (χ3v) is 14.7. The Balaban J connectivity index is 1.16. The summed E-state index contributed by atoms with van der Waals surface area (Å²) in [5.74, 6) is 0. The molecule has 6 heteroatoms. The van der Waals surface area contributed by atoms with Crippen LogP contribution in [0.15, 0.2) is 201 Å². The van der Waals surface area contributed by atoms with Gasteiger partial charge >= 0.3 is 0 Å². The van der Waals surface area contributed by atoms with Gasteiger partial charge in [0.1, 0.15) is 0 Å². The van der Waals surface area contributed by atoms with Gasteiger partial charge in [-0.05, 0) is 167 Å². The Morgan fingerprint density at radius 1 is 0.333 bits per heavy atom. The summed E-state index contributed by atoms with van der Waals surface area (Å²) in [7, 11) is 0. The maximum atomic E-state index is 10.9. The molecule has 0 aliphatic heterocycles. The smallest absolute Gasteiger partial charge is 0.195 e. The Morgan fingerprint density at radius 2 is 0.641 bits per heavy atom. The van der Waals surface area contributed by atoms with Gasteiger partial charge in [0.25, 0.3) is 0 Å². The Morgan fingerprint density at radius 3 is 0.962 bits per heavy atom. The zero-order valence-corrected chi connectivity index (χ0v) is 45.7. The van der Waals surface area contributed by atoms with Gasteiger partial charge in [-0.3, -0.25) is 15.0 Å². The van der Waals surface area contributed by atoms with Crippen LogP contribution in [-0.4, -0.2) is 15.0 Å². The summed E-state index contributed by atoms with van der Waals surface area (Å²) < 4.78 is 0. The van der Waals surface area contributed by atoms with Crippen molar-refractivity contribution in [3.05, 3.63) is 240 Å². The zero-order chi connectivity index (χ0) is 54.9. The van der Waals surface area contributed by atoms with Gasteiger partial charge in [-0.15, -0.1) is 0 Å². The highest BCUT2D eigenvalue weighted by atomic mass is 14.7. The molecule has 0 spiro atoms. The lowest BCUT2D eigenvalue weighted by Gasteiger charge is -2.20. The first-order valence-electron chi connectivity index (χ1n) is 26.4. The number of hydrogen-bond donors (Lipinski definition) is 0. The molecule has 0 fully saturated rings. The summed E-state index contributed by atoms with van der Waals surface area (Å²) >= 11 is 0. The van der Waals surface area contributed by atoms with E-state index in [-0.39, 0.29) is 16.2 Å². The molecule has 0 atom stereocenters. The third-order valence-electron chi connectivity index (χ3n) is 14.7. The van der Waals surface area contributed by atoms with E-state index in [1.165, 1.54) is 16.7 Å². The van der Waals surface area contributed by atoms with Crippen molar-refractivity contribution < 1.29 is 0 Å². The summed E-state index contributed by atoms with van der Waals surface area (Å²) in [6.07, 6.45) is 5.53. The van der Waals surface area contributed by atoms with Crippen molar-refractivity contribution >= 4 is 5.69 Å². The molecule has 3 heterocycles. The van der Waals surface area contributed by atoms with Crippen molar-refractivity contribution in [3.63, 3.8) is 0 Å². The van der Waals surface area contributed by atoms with E-state index >= 15 is 0 Å². The van der Waals surface area contributed by atoms with E-state index in [9.17, 15) is 10.5 Å². The lowest BCUT2D eigenvalue weighted by atomic mass is 9.84. The molecule has 0 unspecified atom stereocenters. The zero-order valence-electron chi connectivity index (χ0n) is 45.7. The van der Waals surface area contributed by atoms with E-state index in [1.54, 1.807) is 0 Å². The predicted octanol–water partition coefficient (Wildman–Crippen LogP) is 19.1. The Kier molecular flexibility index (Phi) is 13.9. The lowest BCUT2D eigenvalue weighted by Crippen LogP contribution is -2.11. The average Bonchev–Trinajstić information content (AvgIpc) is 3.61. The van der Waals surface area contributed by atoms with Crippen molar-refractivity contribution in [2.24, 2.45) is 0 Å². The molecule has 0 aliphatic carbocycles. The molecule has 0 saturated heterocycles. The number of nitriles is 2. The molecule has 0 bridgehead atoms. The van der Waals surface area contributed by atoms with Crippen LogP contribution >= 0.6 is 0 Å². The summed E-state index contributed by atoms with van der Waals surface area (Å²) in [6, 6.07) is 67.2. The molecule has 0 radical (unpaired) electrons. The topological polar surface area (TPSA) is 90.6 Å². The van der Waals surface area contributed by atoms with E-state index in [0.29, 0.717) is 16.8 Å². The minimum Gasteiger partial charge on any atom is -0.256 e. The van der Waals surface area contributed by atoms with Gasteiger partial charge in [-0.25, -0.2) is 4.85 Å². The van der Waals surface area contributed by atoms with Gasteiger partial charge in [0, 0.05) is 40.8 Å². The third kappa shape index (κ3) is 10.5. The van der Waals surface area contributed by atoms with E-state index < -0.39 is 0 Å². The first-order valence-corrected chi connectivity index (χ1v) is 26.4. The molecule has 10 rings (SSSR count). The second-order valence-corrected chi connectivity index (χ2v) is 23.1. The molecule has 378 valence electrons. The molecule has 0 N–H and O–H groups in total. The second-order valence-electron chi connectivity index (χ2n) is 23.1. The summed E-state index contributed by atoms with van der Waals surface area (Å²) in [4.78, 5) is 18.3. The van der Waals surface area contributed by atoms with Crippen LogP contribution in [0, 0.1) is 29.2 Å². The average molecular weight is 1010 g/mol. The molecule has 10 aromatic rings. The molecule has 3 aromatic heterocycles. The maximum Gasteiger partial charge on any atom is 0.195 e. The monoisotopic (exact) mass is 1010 g/mol. The van der Waals surface area contributed by atoms with E-state index in [2.05, 4.69) is 176 Å². The molecular formula is C72H60N6. The number of hydrogen-bond acceptors (Lipinski definition) is 5. The molecule has 0 aliphatic rings. The predicted molar refractivity (Wildman–Crippen MR) is 321 cm³/mol. The highest BCUT2D eigenvalue weighted by molar-refractivity contribution is 5.97. The molecular weight excluding hydrogens is 949 g/mol. The number of pyridine rings is 3. The Bertz CT molecular complexity index is 3650. The number of nitrogens with zero attached hydrogens (tertiary/aromatic N) is 6. The standard InChI is InChI=1S/C72H60N6/c1-70(2,3)54-29-32-76-66(41-54)46-23-26-60(52(35-46)44-73)62-20-14-11-17-57(62)49-37-50(58-18-12-15-21-63(58)61-27-24-47(36-53(61)45-74)67-42-55(30-33-77-67)71(4,5)6)39-51(38-49)59-19-13-16-22-64(59)65-28-25-48(40-69(65)75-10)68-43-56(31-34-78-68)72(7,8)9/h11-43H,1-9H3. The molecule has 0 amide bonds. The van der Waals surface area contributed by atoms with E-state index in [4.69, 9.17) is 21.5 Å². The van der Waals surface area contributed by atoms with Gasteiger partial charge < -0.3 is 0 Å². The van der Waals surface area contributed by atoms with Crippen LogP contribution in [0.3, 0.4) is 0 Å². The van der Waals surface area contributed by atoms with Gasteiger partial charge in [0.05, 0.1) is 46.9 Å². The molecule has 78 heavy (non-hydrogen) atoms. The van der Waals surface area contributed by atoms with Crippen molar-refractivity contribution in [1.29, 1.82) is 10.5 Å². The molecule has 7 aromatic carbocycles. The summed E-state index contributed by atoms with van der Waals surface area (Å²) in [5, 5.41) is 21.8. The largest absolute Gasteiger partial charge is 0.256 e. The Hall–Kier alpha value is -9.54. The van der Waals surface area contributed by atoms with Crippen LogP contribution in [0.25, 0.3) is 105 Å². The van der Waals surface area contributed by atoms with Crippen molar-refractivity contribution in [3.8, 4) is 113 Å².